The van der Waals surface area contributed by atoms with Crippen molar-refractivity contribution in [3.8, 4) is 0 Å². The van der Waals surface area contributed by atoms with E-state index in [1.807, 2.05) is 0 Å². The van der Waals surface area contributed by atoms with Crippen molar-refractivity contribution in [2.75, 3.05) is 6.54 Å². The van der Waals surface area contributed by atoms with Gasteiger partial charge in [-0.3, -0.25) is 4.79 Å². The Kier molecular flexibility index (Phi) is 1.81. The van der Waals surface area contributed by atoms with E-state index in [4.69, 9.17) is 1.41 Å². The molecule has 0 aliphatic carbocycles. The van der Waals surface area contributed by atoms with Crippen LogP contribution in [0.15, 0.2) is 0 Å². The topological polar surface area (TPSA) is 43.1 Å². The van der Waals surface area contributed by atoms with Gasteiger partial charge in [0.05, 0.1) is 0 Å². The zero-order valence-corrected chi connectivity index (χ0v) is 3.82. The Labute approximate surface area is 38.8 Å². The molecule has 2 N–H and O–H groups in total. The maximum Gasteiger partial charge on any atom is 0.131 e. The summed E-state index contributed by atoms with van der Waals surface area (Å²) in [5.74, 6) is 0.125. The molecule has 0 radical (unpaired) electrons. The fourth-order valence-corrected chi connectivity index (χ4v) is 0.176. The average molecular weight is 88.1 g/mol. The fraction of sp³-hybridized carbons (Fsp3) is 0.750. The predicted molar refractivity (Wildman–Crippen MR) is 24.4 cm³/mol. The van der Waals surface area contributed by atoms with Crippen LogP contribution < -0.4 is 5.73 Å². The number of nitrogens with two attached hydrogens (primary N) is 1. The third kappa shape index (κ3) is 3.63. The number of carbonyl (C=O) groups excluding carboxylic acids is 1. The summed E-state index contributed by atoms with van der Waals surface area (Å²) >= 11 is 0. The molecule has 0 heterocycles. The van der Waals surface area contributed by atoms with Crippen LogP contribution in [-0.2, 0) is 4.79 Å². The minimum absolute atomic E-state index is 0.125. The van der Waals surface area contributed by atoms with E-state index in [2.05, 4.69) is 5.73 Å². The SMILES string of the molecule is [2H]NCCC(C)=O. The molecule has 0 rings (SSSR count). The zero-order chi connectivity index (χ0) is 5.70. The maximum atomic E-state index is 10.1. The first-order chi connectivity index (χ1) is 3.27. The van der Waals surface area contributed by atoms with Gasteiger partial charge >= 0.3 is 0 Å². The van der Waals surface area contributed by atoms with Crippen molar-refractivity contribution < 1.29 is 6.21 Å². The monoisotopic (exact) mass is 88.1 g/mol. The smallest absolute Gasteiger partial charge is 0.131 e. The molecule has 0 amide bonds. The Morgan fingerprint density at radius 2 is 2.83 bits per heavy atom. The quantitative estimate of drug-likeness (QED) is 0.524. The molecule has 0 aromatic carbocycles. The van der Waals surface area contributed by atoms with Gasteiger partial charge in [-0.25, -0.2) is 0 Å². The van der Waals surface area contributed by atoms with Crippen LogP contribution in [0, 0.1) is 0 Å². The van der Waals surface area contributed by atoms with Gasteiger partial charge in [-0.05, 0) is 13.5 Å². The highest BCUT2D eigenvalue weighted by atomic mass is 16.1. The summed E-state index contributed by atoms with van der Waals surface area (Å²) in [4.78, 5) is 10.1. The molecule has 0 saturated carbocycles. The molecule has 0 bridgehead atoms. The molecule has 0 fully saturated rings. The molecule has 0 aliphatic rings. The summed E-state index contributed by atoms with van der Waals surface area (Å²) in [7, 11) is 0. The van der Waals surface area contributed by atoms with Gasteiger partial charge in [0.25, 0.3) is 0 Å². The number of rotatable bonds is 3. The van der Waals surface area contributed by atoms with Gasteiger partial charge in [0.15, 0.2) is 0 Å². The van der Waals surface area contributed by atoms with Gasteiger partial charge in [0.2, 0.25) is 0 Å². The van der Waals surface area contributed by atoms with E-state index >= 15 is 0 Å². The van der Waals surface area contributed by atoms with Crippen LogP contribution in [0.3, 0.4) is 0 Å². The van der Waals surface area contributed by atoms with E-state index in [0.29, 0.717) is 13.0 Å². The molecule has 2 heteroatoms. The average Bonchev–Trinajstić information content (AvgIpc) is 1.61. The highest BCUT2D eigenvalue weighted by Gasteiger charge is 1.83. The number of hydrogen-bond acceptors (Lipinski definition) is 2. The molecule has 0 aromatic heterocycles. The standard InChI is InChI=1S/C4H9NO/c1-4(6)2-3-5/h2-3,5H2,1H3/i/hD. The molecule has 36 valence electrons. The predicted octanol–water partition coefficient (Wildman–Crippen LogP) is -0.0758. The van der Waals surface area contributed by atoms with Gasteiger partial charge in [0, 0.05) is 6.42 Å². The largest absolute Gasteiger partial charge is 0.330 e. The molecule has 0 spiro atoms. The molecule has 0 saturated heterocycles. The second kappa shape index (κ2) is 2.85. The molecule has 0 aromatic rings. The van der Waals surface area contributed by atoms with E-state index in [9.17, 15) is 4.79 Å². The molecule has 0 aliphatic heterocycles. The van der Waals surface area contributed by atoms with Crippen molar-refractivity contribution in [1.82, 2.24) is 0 Å². The number of hydrogen-bond donors (Lipinski definition) is 1. The highest BCUT2D eigenvalue weighted by Crippen LogP contribution is 1.71. The van der Waals surface area contributed by atoms with E-state index in [1.165, 1.54) is 6.92 Å². The van der Waals surface area contributed by atoms with E-state index in [-0.39, 0.29) is 5.78 Å². The third-order valence-corrected chi connectivity index (χ3v) is 0.477. The first-order valence-corrected chi connectivity index (χ1v) is 1.91. The summed E-state index contributed by atoms with van der Waals surface area (Å²) < 4.78 is 6.39. The fourth-order valence-electron chi connectivity index (χ4n) is 0.176. The molecule has 6 heavy (non-hydrogen) atoms. The highest BCUT2D eigenvalue weighted by molar-refractivity contribution is 5.75. The lowest BCUT2D eigenvalue weighted by Crippen LogP contribution is -2.03. The maximum absolute atomic E-state index is 10.1. The summed E-state index contributed by atoms with van der Waals surface area (Å²) in [5.41, 5.74) is 2.13. The molecular formula is C4H9NO. The molecule has 0 unspecified atom stereocenters. The second-order valence-electron chi connectivity index (χ2n) is 1.20. The second-order valence-corrected chi connectivity index (χ2v) is 1.20. The Bertz CT molecular complexity index is 64.7. The van der Waals surface area contributed by atoms with Gasteiger partial charge in [-0.15, -0.1) is 0 Å². The Morgan fingerprint density at radius 1 is 2.17 bits per heavy atom. The Hall–Kier alpha value is -0.370. The van der Waals surface area contributed by atoms with Crippen molar-refractivity contribution in [2.24, 2.45) is 5.73 Å². The van der Waals surface area contributed by atoms with Crippen LogP contribution in [0.4, 0.5) is 0 Å². The number of carbonyl (C=O) groups is 1. The van der Waals surface area contributed by atoms with E-state index in [1.54, 1.807) is 0 Å². The van der Waals surface area contributed by atoms with E-state index in [0.717, 1.165) is 0 Å². The van der Waals surface area contributed by atoms with Gasteiger partial charge in [-0.2, -0.15) is 0 Å². The normalized spacial score (nSPS) is 10.5. The summed E-state index contributed by atoms with van der Waals surface area (Å²) in [6, 6.07) is 0. The van der Waals surface area contributed by atoms with Gasteiger partial charge in [0.1, 0.15) is 7.20 Å². The van der Waals surface area contributed by atoms with Crippen LogP contribution in [-0.4, -0.2) is 12.3 Å². The van der Waals surface area contributed by atoms with Crippen LogP contribution in [0.1, 0.15) is 13.3 Å². The first kappa shape index (κ1) is 3.81. The van der Waals surface area contributed by atoms with Crippen LogP contribution in [0.5, 0.6) is 0 Å². The van der Waals surface area contributed by atoms with Crippen molar-refractivity contribution in [3.05, 3.63) is 0 Å². The van der Waals surface area contributed by atoms with Gasteiger partial charge in [-0.1, -0.05) is 0 Å². The first-order valence-electron chi connectivity index (χ1n) is 2.41. The van der Waals surface area contributed by atoms with Crippen molar-refractivity contribution in [3.63, 3.8) is 0 Å². The Balaban J connectivity index is 2.82. The summed E-state index contributed by atoms with van der Waals surface area (Å²) in [5, 5.41) is 0. The zero-order valence-electron chi connectivity index (χ0n) is 4.82. The minimum atomic E-state index is 0.125. The lowest BCUT2D eigenvalue weighted by molar-refractivity contribution is -0.116. The lowest BCUT2D eigenvalue weighted by Gasteiger charge is -1.81. The van der Waals surface area contributed by atoms with E-state index < -0.39 is 0 Å². The van der Waals surface area contributed by atoms with Crippen molar-refractivity contribution in [2.45, 2.75) is 13.3 Å². The van der Waals surface area contributed by atoms with Crippen LogP contribution >= 0.6 is 0 Å². The Morgan fingerprint density at radius 3 is 3.00 bits per heavy atom. The molecule has 0 atom stereocenters. The lowest BCUT2D eigenvalue weighted by atomic mass is 10.3. The van der Waals surface area contributed by atoms with Crippen LogP contribution in [0.25, 0.3) is 0 Å². The molecular weight excluding hydrogens is 78.0 g/mol. The number of Topliss-reactive ketones (excluding diaryl/α,β-unsaturated/α-hetero) is 1. The van der Waals surface area contributed by atoms with Crippen molar-refractivity contribution >= 4 is 5.78 Å². The van der Waals surface area contributed by atoms with Crippen LogP contribution in [0.2, 0.25) is 1.41 Å². The minimum Gasteiger partial charge on any atom is -0.330 e. The van der Waals surface area contributed by atoms with Crippen molar-refractivity contribution in [1.29, 1.82) is 0 Å². The summed E-state index contributed by atoms with van der Waals surface area (Å²) in [6.07, 6.45) is 0.462. The number of ketones is 1. The van der Waals surface area contributed by atoms with Gasteiger partial charge < -0.3 is 5.73 Å². The summed E-state index contributed by atoms with van der Waals surface area (Å²) in [6.45, 7) is 1.98. The molecule has 2 nitrogen and oxygen atoms in total. The third-order valence-electron chi connectivity index (χ3n) is 0.477.